The van der Waals surface area contributed by atoms with Gasteiger partial charge in [-0.05, 0) is 71.8 Å². The maximum atomic E-state index is 12.3. The molecule has 45 heavy (non-hydrogen) atoms. The molecule has 1 saturated carbocycles. The van der Waals surface area contributed by atoms with Crippen molar-refractivity contribution in [1.29, 1.82) is 0 Å². The Labute approximate surface area is 269 Å². The highest BCUT2D eigenvalue weighted by Gasteiger charge is 2.52. The van der Waals surface area contributed by atoms with Crippen molar-refractivity contribution >= 4 is 21.4 Å². The van der Waals surface area contributed by atoms with Gasteiger partial charge in [0.25, 0.3) is 0 Å². The first-order valence-electron chi connectivity index (χ1n) is 15.3. The highest BCUT2D eigenvalue weighted by Crippen LogP contribution is 2.55. The number of pyridine rings is 1. The van der Waals surface area contributed by atoms with Crippen LogP contribution in [0, 0.1) is 5.92 Å². The third-order valence-corrected chi connectivity index (χ3v) is 10.7. The Balaban J connectivity index is 1.19. The molecule has 5 aromatic rings. The highest BCUT2D eigenvalue weighted by atomic mass is 35.5. The zero-order valence-electron chi connectivity index (χ0n) is 25.0. The minimum Gasteiger partial charge on any atom is -0.357 e. The topological polar surface area (TPSA) is 81.3 Å². The minimum atomic E-state index is -3.45. The molecule has 3 heterocycles. The van der Waals surface area contributed by atoms with Crippen LogP contribution in [0.3, 0.4) is 0 Å². The van der Waals surface area contributed by atoms with E-state index in [4.69, 9.17) is 21.1 Å². The smallest absolute Gasteiger partial charge is 0.176 e. The average molecular weight is 639 g/mol. The van der Waals surface area contributed by atoms with Crippen molar-refractivity contribution in [3.05, 3.63) is 143 Å². The maximum Gasteiger partial charge on any atom is 0.176 e. The summed E-state index contributed by atoms with van der Waals surface area (Å²) in [5, 5.41) is 0.235. The summed E-state index contributed by atoms with van der Waals surface area (Å²) in [4.78, 5) is 8.25. The maximum absolute atomic E-state index is 12.3. The molecule has 230 valence electrons. The zero-order chi connectivity index (χ0) is 31.0. The fourth-order valence-electron chi connectivity index (χ4n) is 6.97. The number of aromatic amines is 1. The van der Waals surface area contributed by atoms with E-state index in [1.807, 2.05) is 66.7 Å². The Kier molecular flexibility index (Phi) is 8.12. The average Bonchev–Trinajstić information content (AvgIpc) is 3.79. The zero-order valence-corrected chi connectivity index (χ0v) is 26.5. The Hall–Kier alpha value is -3.75. The van der Waals surface area contributed by atoms with Crippen LogP contribution in [0.2, 0.25) is 5.02 Å². The molecule has 2 fully saturated rings. The van der Waals surface area contributed by atoms with Crippen LogP contribution in [0.4, 0.5) is 0 Å². The summed E-state index contributed by atoms with van der Waals surface area (Å²) < 4.78 is 38.4. The SMILES string of the molecule is CS(=O)(=O)c1ccc(C(C[C@H]2CCC3(C2)O[C@H](c2ccccc2)[C@@H](c2ccccc2)O3)c2ccc(-c3ccccn3)[nH]2)cc1Cl. The number of hydrogen-bond donors (Lipinski definition) is 1. The fraction of sp³-hybridized carbons (Fsp3) is 0.270. The van der Waals surface area contributed by atoms with Crippen LogP contribution in [0.5, 0.6) is 0 Å². The van der Waals surface area contributed by atoms with Crippen molar-refractivity contribution in [2.45, 2.75) is 54.5 Å². The van der Waals surface area contributed by atoms with Gasteiger partial charge in [-0.3, -0.25) is 4.98 Å². The lowest BCUT2D eigenvalue weighted by molar-refractivity contribution is -0.172. The number of nitrogens with zero attached hydrogens (tertiary/aromatic N) is 1. The quantitative estimate of drug-likeness (QED) is 0.184. The van der Waals surface area contributed by atoms with E-state index in [9.17, 15) is 8.42 Å². The largest absolute Gasteiger partial charge is 0.357 e. The lowest BCUT2D eigenvalue weighted by Gasteiger charge is -2.25. The molecule has 3 aromatic carbocycles. The van der Waals surface area contributed by atoms with Crippen molar-refractivity contribution in [3.63, 3.8) is 0 Å². The monoisotopic (exact) mass is 638 g/mol. The summed E-state index contributed by atoms with van der Waals surface area (Å²) in [7, 11) is -3.45. The normalized spacial score (nSPS) is 21.7. The van der Waals surface area contributed by atoms with E-state index in [0.717, 1.165) is 59.5 Å². The molecule has 1 aliphatic carbocycles. The van der Waals surface area contributed by atoms with Crippen LogP contribution >= 0.6 is 11.6 Å². The molecule has 0 radical (unpaired) electrons. The van der Waals surface area contributed by atoms with Crippen LogP contribution < -0.4 is 0 Å². The number of aromatic nitrogens is 2. The number of sulfone groups is 1. The number of nitrogens with one attached hydrogen (secondary N) is 1. The summed E-state index contributed by atoms with van der Waals surface area (Å²) in [6.45, 7) is 0. The van der Waals surface area contributed by atoms with Crippen molar-refractivity contribution < 1.29 is 17.9 Å². The second-order valence-corrected chi connectivity index (χ2v) is 14.6. The van der Waals surface area contributed by atoms with Gasteiger partial charge in [-0.15, -0.1) is 0 Å². The van der Waals surface area contributed by atoms with Gasteiger partial charge in [-0.25, -0.2) is 8.42 Å². The second-order valence-electron chi connectivity index (χ2n) is 12.2. The molecular formula is C37H35ClN2O4S. The third kappa shape index (κ3) is 6.23. The molecule has 1 N–H and O–H groups in total. The molecule has 1 spiro atoms. The van der Waals surface area contributed by atoms with Gasteiger partial charge in [-0.2, -0.15) is 0 Å². The minimum absolute atomic E-state index is 0.0510. The Bertz CT molecular complexity index is 1830. The molecular weight excluding hydrogens is 604 g/mol. The summed E-state index contributed by atoms with van der Waals surface area (Å²) in [5.41, 5.74) is 5.99. The van der Waals surface area contributed by atoms with E-state index in [2.05, 4.69) is 40.3 Å². The van der Waals surface area contributed by atoms with Gasteiger partial charge < -0.3 is 14.5 Å². The van der Waals surface area contributed by atoms with Gasteiger partial charge in [0.1, 0.15) is 12.2 Å². The van der Waals surface area contributed by atoms with Gasteiger partial charge in [0.15, 0.2) is 15.6 Å². The van der Waals surface area contributed by atoms with Crippen LogP contribution in [0.15, 0.2) is 120 Å². The first-order chi connectivity index (χ1) is 21.8. The first-order valence-corrected chi connectivity index (χ1v) is 17.6. The molecule has 2 aliphatic rings. The summed E-state index contributed by atoms with van der Waals surface area (Å²) in [6.07, 6.45) is 5.89. The van der Waals surface area contributed by atoms with Gasteiger partial charge >= 0.3 is 0 Å². The number of halogens is 1. The van der Waals surface area contributed by atoms with Crippen molar-refractivity contribution in [2.24, 2.45) is 5.92 Å². The summed E-state index contributed by atoms with van der Waals surface area (Å²) >= 11 is 6.57. The van der Waals surface area contributed by atoms with E-state index >= 15 is 0 Å². The van der Waals surface area contributed by atoms with Gasteiger partial charge in [-0.1, -0.05) is 84.4 Å². The van der Waals surface area contributed by atoms with Crippen LogP contribution in [-0.4, -0.2) is 30.4 Å². The molecule has 7 rings (SSSR count). The summed E-state index contributed by atoms with van der Waals surface area (Å²) in [5.74, 6) is -0.427. The highest BCUT2D eigenvalue weighted by molar-refractivity contribution is 7.90. The Morgan fingerprint density at radius 1 is 0.889 bits per heavy atom. The number of hydrogen-bond acceptors (Lipinski definition) is 5. The Morgan fingerprint density at radius 2 is 1.56 bits per heavy atom. The van der Waals surface area contributed by atoms with E-state index in [1.54, 1.807) is 18.3 Å². The number of ether oxygens (including phenoxy) is 2. The predicted molar refractivity (Wildman–Crippen MR) is 176 cm³/mol. The molecule has 6 nitrogen and oxygen atoms in total. The van der Waals surface area contributed by atoms with Crippen LogP contribution in [-0.2, 0) is 19.3 Å². The number of benzene rings is 3. The number of H-pyrrole nitrogens is 1. The molecule has 2 aromatic heterocycles. The van der Waals surface area contributed by atoms with Crippen molar-refractivity contribution in [2.75, 3.05) is 6.26 Å². The first kappa shape index (κ1) is 29.9. The summed E-state index contributed by atoms with van der Waals surface area (Å²) in [6, 6.07) is 36.0. The van der Waals surface area contributed by atoms with Crippen molar-refractivity contribution in [3.8, 4) is 11.4 Å². The number of rotatable bonds is 8. The standard InChI is InChI=1S/C37H35ClN2O4S/c1-45(41,42)34-18-15-28(23-30(34)38)29(31-16-17-33(40-31)32-14-8-9-21-39-32)22-25-19-20-37(24-25)43-35(26-10-4-2-5-11-26)36(44-37)27-12-6-3-7-13-27/h2-18,21,23,25,29,35-36,40H,19-20,22,24H2,1H3/t25-,29?,35-,36-/m1/s1. The fourth-order valence-corrected chi connectivity index (χ4v) is 8.30. The van der Waals surface area contributed by atoms with E-state index in [-0.39, 0.29) is 28.0 Å². The molecule has 8 heteroatoms. The Morgan fingerprint density at radius 3 is 2.16 bits per heavy atom. The van der Waals surface area contributed by atoms with E-state index in [1.165, 1.54) is 6.26 Å². The molecule has 1 saturated heterocycles. The third-order valence-electron chi connectivity index (χ3n) is 9.10. The van der Waals surface area contributed by atoms with Gasteiger partial charge in [0.05, 0.1) is 21.3 Å². The van der Waals surface area contributed by atoms with Gasteiger partial charge in [0, 0.05) is 36.9 Å². The van der Waals surface area contributed by atoms with Gasteiger partial charge in [0.2, 0.25) is 0 Å². The molecule has 0 amide bonds. The molecule has 4 atom stereocenters. The predicted octanol–water partition coefficient (Wildman–Crippen LogP) is 8.68. The molecule has 1 aliphatic heterocycles. The molecule has 1 unspecified atom stereocenters. The van der Waals surface area contributed by atoms with Crippen molar-refractivity contribution in [1.82, 2.24) is 9.97 Å². The van der Waals surface area contributed by atoms with E-state index in [0.29, 0.717) is 5.92 Å². The van der Waals surface area contributed by atoms with Crippen LogP contribution in [0.1, 0.15) is 66.2 Å². The van der Waals surface area contributed by atoms with Crippen LogP contribution in [0.25, 0.3) is 11.4 Å². The lowest BCUT2D eigenvalue weighted by atomic mass is 9.85. The second kappa shape index (κ2) is 12.2. The van der Waals surface area contributed by atoms with E-state index < -0.39 is 15.6 Å². The lowest BCUT2D eigenvalue weighted by Crippen LogP contribution is -2.26. The molecule has 0 bridgehead atoms.